The van der Waals surface area contributed by atoms with Gasteiger partial charge in [0.2, 0.25) is 5.95 Å². The van der Waals surface area contributed by atoms with E-state index in [0.29, 0.717) is 11.8 Å². The summed E-state index contributed by atoms with van der Waals surface area (Å²) < 4.78 is 36.6. The molecule has 0 saturated heterocycles. The summed E-state index contributed by atoms with van der Waals surface area (Å²) in [5.74, 6) is 0.950. The number of aryl methyl sites for hydroxylation is 1. The fourth-order valence-electron chi connectivity index (χ4n) is 1.47. The summed E-state index contributed by atoms with van der Waals surface area (Å²) in [6.45, 7) is 4.42. The summed E-state index contributed by atoms with van der Waals surface area (Å²) in [6.07, 6.45) is -4.08. The molecule has 0 spiro atoms. The summed E-state index contributed by atoms with van der Waals surface area (Å²) in [7, 11) is 1.59. The molecule has 0 aromatic carbocycles. The average molecular weight is 276 g/mol. The predicted molar refractivity (Wildman–Crippen MR) is 69.5 cm³/mol. The van der Waals surface area contributed by atoms with Gasteiger partial charge in [0.05, 0.1) is 6.42 Å². The number of rotatable bonds is 6. The Balaban J connectivity index is 2.73. The van der Waals surface area contributed by atoms with Crippen LogP contribution in [-0.4, -0.2) is 36.3 Å². The van der Waals surface area contributed by atoms with Crippen LogP contribution in [0.25, 0.3) is 0 Å². The third-order valence-corrected chi connectivity index (χ3v) is 2.50. The number of hydrogen-bond acceptors (Lipinski definition) is 4. The van der Waals surface area contributed by atoms with Crippen LogP contribution in [0.5, 0.6) is 0 Å². The van der Waals surface area contributed by atoms with E-state index >= 15 is 0 Å². The van der Waals surface area contributed by atoms with Gasteiger partial charge in [-0.2, -0.15) is 18.2 Å². The Hall–Kier alpha value is -1.53. The highest BCUT2D eigenvalue weighted by Crippen LogP contribution is 2.21. The molecule has 108 valence electrons. The SMILES string of the molecule is CCCNc1nc(C)cc(N(C)CCC(F)(F)F)n1. The maximum atomic E-state index is 12.2. The van der Waals surface area contributed by atoms with Crippen molar-refractivity contribution in [3.8, 4) is 0 Å². The lowest BCUT2D eigenvalue weighted by Gasteiger charge is -2.20. The Labute approximate surface area is 111 Å². The summed E-state index contributed by atoms with van der Waals surface area (Å²) in [4.78, 5) is 9.88. The molecule has 0 aliphatic rings. The van der Waals surface area contributed by atoms with E-state index in [1.807, 2.05) is 6.92 Å². The monoisotopic (exact) mass is 276 g/mol. The van der Waals surface area contributed by atoms with Gasteiger partial charge in [-0.05, 0) is 13.3 Å². The minimum atomic E-state index is -4.15. The van der Waals surface area contributed by atoms with Crippen molar-refractivity contribution in [2.45, 2.75) is 32.9 Å². The molecule has 0 aliphatic carbocycles. The zero-order valence-electron chi connectivity index (χ0n) is 11.4. The number of halogens is 3. The van der Waals surface area contributed by atoms with E-state index in [-0.39, 0.29) is 6.54 Å². The molecule has 7 heteroatoms. The molecule has 19 heavy (non-hydrogen) atoms. The van der Waals surface area contributed by atoms with Crippen LogP contribution in [0.4, 0.5) is 24.9 Å². The molecule has 0 radical (unpaired) electrons. The van der Waals surface area contributed by atoms with Crippen molar-refractivity contribution in [3.05, 3.63) is 11.8 Å². The van der Waals surface area contributed by atoms with Crippen molar-refractivity contribution in [1.82, 2.24) is 9.97 Å². The molecule has 4 nitrogen and oxygen atoms in total. The highest BCUT2D eigenvalue weighted by molar-refractivity contribution is 5.44. The number of nitrogens with zero attached hydrogens (tertiary/aromatic N) is 3. The van der Waals surface area contributed by atoms with Gasteiger partial charge in [-0.1, -0.05) is 6.92 Å². The Morgan fingerprint density at radius 1 is 1.32 bits per heavy atom. The van der Waals surface area contributed by atoms with Crippen LogP contribution in [0.1, 0.15) is 25.5 Å². The summed E-state index contributed by atoms with van der Waals surface area (Å²) in [5, 5.41) is 3.03. The first kappa shape index (κ1) is 15.5. The van der Waals surface area contributed by atoms with Gasteiger partial charge >= 0.3 is 6.18 Å². The lowest BCUT2D eigenvalue weighted by atomic mass is 10.3. The van der Waals surface area contributed by atoms with E-state index in [9.17, 15) is 13.2 Å². The van der Waals surface area contributed by atoms with Crippen LogP contribution in [0.2, 0.25) is 0 Å². The maximum absolute atomic E-state index is 12.2. The largest absolute Gasteiger partial charge is 0.390 e. The number of hydrogen-bond donors (Lipinski definition) is 1. The predicted octanol–water partition coefficient (Wildman–Crippen LogP) is 3.00. The van der Waals surface area contributed by atoms with Gasteiger partial charge in [-0.25, -0.2) is 4.98 Å². The third-order valence-electron chi connectivity index (χ3n) is 2.50. The number of alkyl halides is 3. The number of aromatic nitrogens is 2. The van der Waals surface area contributed by atoms with Crippen LogP contribution in [-0.2, 0) is 0 Å². The van der Waals surface area contributed by atoms with E-state index in [2.05, 4.69) is 15.3 Å². The van der Waals surface area contributed by atoms with E-state index < -0.39 is 12.6 Å². The first-order valence-electron chi connectivity index (χ1n) is 6.19. The molecule has 0 saturated carbocycles. The van der Waals surface area contributed by atoms with Gasteiger partial charge in [0, 0.05) is 31.9 Å². The molecule has 0 unspecified atom stereocenters. The Bertz CT molecular complexity index is 406. The van der Waals surface area contributed by atoms with Crippen molar-refractivity contribution in [1.29, 1.82) is 0 Å². The van der Waals surface area contributed by atoms with Crippen molar-refractivity contribution < 1.29 is 13.2 Å². The fourth-order valence-corrected chi connectivity index (χ4v) is 1.47. The molecular formula is C12H19F3N4. The lowest BCUT2D eigenvalue weighted by molar-refractivity contribution is -0.132. The maximum Gasteiger partial charge on any atom is 0.390 e. The smallest absolute Gasteiger partial charge is 0.359 e. The quantitative estimate of drug-likeness (QED) is 0.867. The topological polar surface area (TPSA) is 41.1 Å². The highest BCUT2D eigenvalue weighted by atomic mass is 19.4. The fraction of sp³-hybridized carbons (Fsp3) is 0.667. The molecule has 0 fully saturated rings. The summed E-state index contributed by atoms with van der Waals surface area (Å²) in [5.41, 5.74) is 0.725. The van der Waals surface area contributed by atoms with Gasteiger partial charge < -0.3 is 10.2 Å². The van der Waals surface area contributed by atoms with Crippen molar-refractivity contribution in [3.63, 3.8) is 0 Å². The minimum Gasteiger partial charge on any atom is -0.359 e. The second-order valence-corrected chi connectivity index (χ2v) is 4.40. The molecule has 1 N–H and O–H groups in total. The molecule has 1 heterocycles. The first-order valence-corrected chi connectivity index (χ1v) is 6.19. The van der Waals surface area contributed by atoms with Crippen LogP contribution in [0.15, 0.2) is 6.07 Å². The summed E-state index contributed by atoms with van der Waals surface area (Å²) in [6, 6.07) is 1.67. The van der Waals surface area contributed by atoms with Crippen LogP contribution >= 0.6 is 0 Å². The zero-order valence-corrected chi connectivity index (χ0v) is 11.4. The second-order valence-electron chi connectivity index (χ2n) is 4.40. The third kappa shape index (κ3) is 5.76. The van der Waals surface area contributed by atoms with E-state index in [0.717, 1.165) is 18.7 Å². The van der Waals surface area contributed by atoms with Gasteiger partial charge in [-0.15, -0.1) is 0 Å². The first-order chi connectivity index (χ1) is 8.81. The Kier molecular flexibility index (Phi) is 5.38. The second kappa shape index (κ2) is 6.58. The van der Waals surface area contributed by atoms with Crippen LogP contribution in [0, 0.1) is 6.92 Å². The van der Waals surface area contributed by atoms with Gasteiger partial charge in [0.25, 0.3) is 0 Å². The van der Waals surface area contributed by atoms with Gasteiger partial charge in [0.15, 0.2) is 0 Å². The molecule has 0 aliphatic heterocycles. The molecule has 0 bridgehead atoms. The molecule has 0 atom stereocenters. The molecular weight excluding hydrogens is 257 g/mol. The van der Waals surface area contributed by atoms with Crippen LogP contribution < -0.4 is 10.2 Å². The number of anilines is 2. The zero-order chi connectivity index (χ0) is 14.5. The Morgan fingerprint density at radius 2 is 2.00 bits per heavy atom. The van der Waals surface area contributed by atoms with Gasteiger partial charge in [0.1, 0.15) is 5.82 Å². The molecule has 1 rings (SSSR count). The minimum absolute atomic E-state index is 0.118. The standard InChI is InChI=1S/C12H19F3N4/c1-4-6-16-11-17-9(2)8-10(18-11)19(3)7-5-12(13,14)15/h8H,4-7H2,1-3H3,(H,16,17,18). The summed E-state index contributed by atoms with van der Waals surface area (Å²) >= 11 is 0. The Morgan fingerprint density at radius 3 is 2.58 bits per heavy atom. The van der Waals surface area contributed by atoms with E-state index in [1.165, 1.54) is 4.90 Å². The van der Waals surface area contributed by atoms with Crippen molar-refractivity contribution >= 4 is 11.8 Å². The van der Waals surface area contributed by atoms with Crippen LogP contribution in [0.3, 0.4) is 0 Å². The van der Waals surface area contributed by atoms with E-state index in [4.69, 9.17) is 0 Å². The lowest BCUT2D eigenvalue weighted by Crippen LogP contribution is -2.25. The van der Waals surface area contributed by atoms with Gasteiger partial charge in [-0.3, -0.25) is 0 Å². The molecule has 0 amide bonds. The highest BCUT2D eigenvalue weighted by Gasteiger charge is 2.27. The van der Waals surface area contributed by atoms with Crippen molar-refractivity contribution in [2.24, 2.45) is 0 Å². The number of nitrogens with one attached hydrogen (secondary N) is 1. The van der Waals surface area contributed by atoms with E-state index in [1.54, 1.807) is 20.0 Å². The molecule has 1 aromatic rings. The van der Waals surface area contributed by atoms with Crippen molar-refractivity contribution in [2.75, 3.05) is 30.4 Å². The normalized spacial score (nSPS) is 11.5. The average Bonchev–Trinajstić information content (AvgIpc) is 2.31. The molecule has 1 aromatic heterocycles.